The second-order valence-electron chi connectivity index (χ2n) is 4.21. The average molecular weight is 244 g/mol. The van der Waals surface area contributed by atoms with Crippen LogP contribution < -0.4 is 5.11 Å². The van der Waals surface area contributed by atoms with E-state index >= 15 is 0 Å². The van der Waals surface area contributed by atoms with E-state index in [0.717, 1.165) is 0 Å². The Morgan fingerprint density at radius 2 is 1.57 bits per heavy atom. The molecule has 1 rings (SSSR count). The molecule has 14 heavy (non-hydrogen) atoms. The molecule has 1 aromatic rings. The zero-order chi connectivity index (χ0) is 11.2. The molecule has 0 radical (unpaired) electrons. The SMILES string of the molecule is C[C](C)(C)[Zn+].O=C([O-])c1ccccc1. The van der Waals surface area contributed by atoms with E-state index in [9.17, 15) is 9.90 Å². The van der Waals surface area contributed by atoms with E-state index in [1.54, 1.807) is 18.2 Å². The van der Waals surface area contributed by atoms with Crippen molar-refractivity contribution in [2.24, 2.45) is 0 Å². The molecule has 3 heteroatoms. The summed E-state index contributed by atoms with van der Waals surface area (Å²) < 4.78 is 0.625. The Hall–Kier alpha value is -0.687. The molecule has 0 unspecified atom stereocenters. The van der Waals surface area contributed by atoms with Crippen molar-refractivity contribution in [2.75, 3.05) is 0 Å². The molecule has 1 aromatic carbocycles. The Balaban J connectivity index is 0.000000292. The van der Waals surface area contributed by atoms with Gasteiger partial charge in [-0.25, -0.2) is 0 Å². The molecule has 0 fully saturated rings. The van der Waals surface area contributed by atoms with Crippen molar-refractivity contribution in [2.45, 2.75) is 24.8 Å². The van der Waals surface area contributed by atoms with Gasteiger partial charge in [-0.05, 0) is 5.56 Å². The molecule has 0 N–H and O–H groups in total. The van der Waals surface area contributed by atoms with Gasteiger partial charge in [0.25, 0.3) is 0 Å². The molecule has 0 aliphatic rings. The molecule has 0 aliphatic carbocycles. The van der Waals surface area contributed by atoms with Gasteiger partial charge in [0, 0.05) is 0 Å². The minimum Gasteiger partial charge on any atom is -0.545 e. The Labute approximate surface area is 95.0 Å². The average Bonchev–Trinajstić information content (AvgIpc) is 2.03. The molecule has 2 nitrogen and oxygen atoms in total. The second kappa shape index (κ2) is 5.92. The predicted molar refractivity (Wildman–Crippen MR) is 50.5 cm³/mol. The number of hydrogen-bond donors (Lipinski definition) is 0. The van der Waals surface area contributed by atoms with E-state index in [1.165, 1.54) is 30.4 Å². The number of aromatic carboxylic acids is 1. The van der Waals surface area contributed by atoms with E-state index < -0.39 is 5.97 Å². The fourth-order valence-corrected chi connectivity index (χ4v) is 0.574. The maximum Gasteiger partial charge on any atom is 0.0715 e. The maximum absolute atomic E-state index is 10.1. The largest absolute Gasteiger partial charge is 0.545 e. The van der Waals surface area contributed by atoms with Crippen LogP contribution in [0.25, 0.3) is 0 Å². The van der Waals surface area contributed by atoms with Gasteiger partial charge >= 0.3 is 43.1 Å². The van der Waals surface area contributed by atoms with Crippen molar-refractivity contribution >= 4 is 5.97 Å². The first-order chi connectivity index (χ1) is 6.30. The fraction of sp³-hybridized carbons (Fsp3) is 0.364. The molecule has 0 aromatic heterocycles. The van der Waals surface area contributed by atoms with Crippen molar-refractivity contribution in [1.82, 2.24) is 0 Å². The third kappa shape index (κ3) is 9.40. The Morgan fingerprint density at radius 1 is 1.21 bits per heavy atom. The van der Waals surface area contributed by atoms with Crippen LogP contribution in [0.3, 0.4) is 0 Å². The zero-order valence-corrected chi connectivity index (χ0v) is 11.9. The van der Waals surface area contributed by atoms with Gasteiger partial charge in [-0.3, -0.25) is 0 Å². The quantitative estimate of drug-likeness (QED) is 0.706. The molecule has 0 heterocycles. The molecule has 0 spiro atoms. The van der Waals surface area contributed by atoms with Gasteiger partial charge in [0.15, 0.2) is 0 Å². The van der Waals surface area contributed by atoms with Crippen LogP contribution in [-0.4, -0.2) is 5.97 Å². The Morgan fingerprint density at radius 3 is 1.79 bits per heavy atom. The van der Waals surface area contributed by atoms with Gasteiger partial charge in [-0.1, -0.05) is 30.3 Å². The summed E-state index contributed by atoms with van der Waals surface area (Å²) >= 11 is 1.40. The van der Waals surface area contributed by atoms with Crippen molar-refractivity contribution < 1.29 is 28.2 Å². The minimum absolute atomic E-state index is 0.220. The molecule has 0 amide bonds. The number of carboxylic acids is 1. The van der Waals surface area contributed by atoms with Gasteiger partial charge in [0.1, 0.15) is 0 Å². The molecule has 0 saturated carbocycles. The molecule has 72 valence electrons. The fourth-order valence-electron chi connectivity index (χ4n) is 0.574. The minimum atomic E-state index is -1.13. The first-order valence-electron chi connectivity index (χ1n) is 4.42. The number of benzene rings is 1. The van der Waals surface area contributed by atoms with Crippen LogP contribution in [0.5, 0.6) is 0 Å². The van der Waals surface area contributed by atoms with Crippen molar-refractivity contribution in [3.8, 4) is 0 Å². The summed E-state index contributed by atoms with van der Waals surface area (Å²) in [7, 11) is 0. The van der Waals surface area contributed by atoms with Gasteiger partial charge in [-0.15, -0.1) is 0 Å². The molecular formula is C11H14O2Zn. The first-order valence-corrected chi connectivity index (χ1v) is 5.91. The Kier molecular flexibility index (Phi) is 5.63. The van der Waals surface area contributed by atoms with Crippen molar-refractivity contribution in [3.05, 3.63) is 35.9 Å². The van der Waals surface area contributed by atoms with Crippen molar-refractivity contribution in [3.63, 3.8) is 0 Å². The number of carbonyl (C=O) groups is 1. The normalized spacial score (nSPS) is 10.1. The van der Waals surface area contributed by atoms with Crippen LogP contribution in [0.4, 0.5) is 0 Å². The zero-order valence-electron chi connectivity index (χ0n) is 8.91. The summed E-state index contributed by atoms with van der Waals surface area (Å²) in [5.41, 5.74) is 0.220. The predicted octanol–water partition coefficient (Wildman–Crippen LogP) is 1.80. The Bertz CT molecular complexity index is 269. The van der Waals surface area contributed by atoms with Gasteiger partial charge in [0.05, 0.1) is 5.97 Å². The molecular weight excluding hydrogens is 230 g/mol. The van der Waals surface area contributed by atoms with E-state index in [1.807, 2.05) is 0 Å². The topological polar surface area (TPSA) is 40.1 Å². The summed E-state index contributed by atoms with van der Waals surface area (Å²) in [6, 6.07) is 8.06. The van der Waals surface area contributed by atoms with Gasteiger partial charge < -0.3 is 9.90 Å². The van der Waals surface area contributed by atoms with Crippen LogP contribution in [0.15, 0.2) is 30.3 Å². The summed E-state index contributed by atoms with van der Waals surface area (Å²) in [5, 5.41) is 10.1. The number of hydrogen-bond acceptors (Lipinski definition) is 2. The van der Waals surface area contributed by atoms with E-state index in [2.05, 4.69) is 20.8 Å². The van der Waals surface area contributed by atoms with Gasteiger partial charge in [-0.2, -0.15) is 0 Å². The van der Waals surface area contributed by atoms with Crippen LogP contribution in [0, 0.1) is 0 Å². The molecule has 0 saturated heterocycles. The third-order valence-electron chi connectivity index (χ3n) is 1.01. The summed E-state index contributed by atoms with van der Waals surface area (Å²) in [6.45, 7) is 6.73. The van der Waals surface area contributed by atoms with Crippen LogP contribution in [0.1, 0.15) is 31.1 Å². The first kappa shape index (κ1) is 13.3. The van der Waals surface area contributed by atoms with Crippen LogP contribution in [-0.2, 0) is 18.3 Å². The van der Waals surface area contributed by atoms with Gasteiger partial charge in [0.2, 0.25) is 0 Å². The second-order valence-corrected chi connectivity index (χ2v) is 8.66. The standard InChI is InChI=1S/C7H6O2.C4H9.Zn/c8-7(9)6-4-2-1-3-5-6;1-4(2)3;/h1-5H,(H,8,9);1-3H3;/q;;+1/p-1. The van der Waals surface area contributed by atoms with Crippen LogP contribution in [0.2, 0.25) is 4.01 Å². The van der Waals surface area contributed by atoms with E-state index in [4.69, 9.17) is 0 Å². The number of rotatable bonds is 1. The maximum atomic E-state index is 10.1. The third-order valence-corrected chi connectivity index (χ3v) is 1.01. The summed E-state index contributed by atoms with van der Waals surface area (Å²) in [4.78, 5) is 10.1. The monoisotopic (exact) mass is 242 g/mol. The van der Waals surface area contributed by atoms with Crippen LogP contribution >= 0.6 is 0 Å². The molecule has 0 aliphatic heterocycles. The van der Waals surface area contributed by atoms with Crippen molar-refractivity contribution in [1.29, 1.82) is 0 Å². The number of carbonyl (C=O) groups excluding carboxylic acids is 1. The molecule has 0 atom stereocenters. The molecule has 0 bridgehead atoms. The number of carboxylic acid groups (broad SMARTS) is 1. The van der Waals surface area contributed by atoms with E-state index in [0.29, 0.717) is 4.01 Å². The smallest absolute Gasteiger partial charge is 0.0715 e. The van der Waals surface area contributed by atoms with E-state index in [-0.39, 0.29) is 5.56 Å². The summed E-state index contributed by atoms with van der Waals surface area (Å²) in [6.07, 6.45) is 0. The summed E-state index contributed by atoms with van der Waals surface area (Å²) in [5.74, 6) is -1.13.